The molecule has 0 spiro atoms. The summed E-state index contributed by atoms with van der Waals surface area (Å²) in [5, 5.41) is 12.8. The lowest BCUT2D eigenvalue weighted by Gasteiger charge is -2.11. The summed E-state index contributed by atoms with van der Waals surface area (Å²) in [6.45, 7) is 4.61. The van der Waals surface area contributed by atoms with E-state index in [0.29, 0.717) is 29.6 Å². The summed E-state index contributed by atoms with van der Waals surface area (Å²) in [7, 11) is 0. The highest BCUT2D eigenvalue weighted by Crippen LogP contribution is 2.24. The van der Waals surface area contributed by atoms with E-state index in [1.807, 2.05) is 13.0 Å². The summed E-state index contributed by atoms with van der Waals surface area (Å²) in [4.78, 5) is 8.26. The van der Waals surface area contributed by atoms with Crippen molar-refractivity contribution < 1.29 is 9.26 Å². The first-order valence-corrected chi connectivity index (χ1v) is 6.60. The second-order valence-corrected chi connectivity index (χ2v) is 4.23. The number of pyridine rings is 1. The van der Waals surface area contributed by atoms with Crippen LogP contribution < -0.4 is 0 Å². The molecule has 104 valence electrons. The molecule has 0 fully saturated rings. The smallest absolute Gasteiger partial charge is 0.258 e. The van der Waals surface area contributed by atoms with E-state index in [9.17, 15) is 0 Å². The van der Waals surface area contributed by atoms with Crippen molar-refractivity contribution in [3.8, 4) is 17.5 Å². The fourth-order valence-electron chi connectivity index (χ4n) is 1.86. The molecule has 20 heavy (non-hydrogen) atoms. The molecular weight excluding hydrogens is 256 g/mol. The van der Waals surface area contributed by atoms with Crippen LogP contribution in [0, 0.1) is 11.3 Å². The molecule has 2 aromatic heterocycles. The summed E-state index contributed by atoms with van der Waals surface area (Å²) in [5.41, 5.74) is 0.999. The SMILES string of the molecule is CCCC(OCC)c1noc(-c2ccnc(C#N)c2)n1. The Morgan fingerprint density at radius 2 is 2.30 bits per heavy atom. The van der Waals surface area contributed by atoms with E-state index in [4.69, 9.17) is 14.5 Å². The van der Waals surface area contributed by atoms with Gasteiger partial charge in [-0.2, -0.15) is 10.2 Å². The van der Waals surface area contributed by atoms with Crippen molar-refractivity contribution in [2.45, 2.75) is 32.8 Å². The predicted octanol–water partition coefficient (Wildman–Crippen LogP) is 2.88. The van der Waals surface area contributed by atoms with Crippen LogP contribution in [0.1, 0.15) is 44.3 Å². The molecule has 1 atom stereocenters. The van der Waals surface area contributed by atoms with E-state index >= 15 is 0 Å². The predicted molar refractivity (Wildman–Crippen MR) is 71.5 cm³/mol. The molecule has 6 heteroatoms. The fraction of sp³-hybridized carbons (Fsp3) is 0.429. The van der Waals surface area contributed by atoms with Crippen LogP contribution in [-0.4, -0.2) is 21.7 Å². The number of nitriles is 1. The first kappa shape index (κ1) is 14.2. The van der Waals surface area contributed by atoms with Gasteiger partial charge in [-0.25, -0.2) is 4.98 Å². The third-order valence-electron chi connectivity index (χ3n) is 2.77. The third kappa shape index (κ3) is 3.19. The molecule has 0 radical (unpaired) electrons. The Balaban J connectivity index is 2.25. The van der Waals surface area contributed by atoms with Gasteiger partial charge in [-0.15, -0.1) is 0 Å². The molecule has 0 saturated carbocycles. The van der Waals surface area contributed by atoms with Crippen LogP contribution >= 0.6 is 0 Å². The van der Waals surface area contributed by atoms with Crippen molar-refractivity contribution in [1.29, 1.82) is 5.26 Å². The van der Waals surface area contributed by atoms with Gasteiger partial charge in [0.2, 0.25) is 5.82 Å². The maximum atomic E-state index is 8.84. The standard InChI is InChI=1S/C14H16N4O2/c1-3-5-12(19-4-2)13-17-14(20-18-13)10-6-7-16-11(8-10)9-15/h6-8,12H,3-5H2,1-2H3. The molecule has 0 aromatic carbocycles. The lowest BCUT2D eigenvalue weighted by atomic mass is 10.2. The zero-order chi connectivity index (χ0) is 14.4. The first-order chi connectivity index (χ1) is 9.78. The summed E-state index contributed by atoms with van der Waals surface area (Å²) < 4.78 is 10.9. The molecule has 0 amide bonds. The van der Waals surface area contributed by atoms with E-state index in [0.717, 1.165) is 12.8 Å². The Labute approximate surface area is 117 Å². The van der Waals surface area contributed by atoms with E-state index < -0.39 is 0 Å². The van der Waals surface area contributed by atoms with Crippen LogP contribution in [0.25, 0.3) is 11.5 Å². The molecule has 2 aromatic rings. The van der Waals surface area contributed by atoms with Crippen LogP contribution in [0.4, 0.5) is 0 Å². The van der Waals surface area contributed by atoms with Gasteiger partial charge in [-0.3, -0.25) is 0 Å². The third-order valence-corrected chi connectivity index (χ3v) is 2.77. The Bertz CT molecular complexity index is 597. The maximum absolute atomic E-state index is 8.84. The maximum Gasteiger partial charge on any atom is 0.258 e. The second kappa shape index (κ2) is 6.78. The highest BCUT2D eigenvalue weighted by atomic mass is 16.5. The Kier molecular flexibility index (Phi) is 4.80. The van der Waals surface area contributed by atoms with Gasteiger partial charge >= 0.3 is 0 Å². The van der Waals surface area contributed by atoms with Gasteiger partial charge in [0.05, 0.1) is 0 Å². The average molecular weight is 272 g/mol. The van der Waals surface area contributed by atoms with E-state index in [-0.39, 0.29) is 6.10 Å². The van der Waals surface area contributed by atoms with Gasteiger partial charge in [0.25, 0.3) is 5.89 Å². The first-order valence-electron chi connectivity index (χ1n) is 6.60. The summed E-state index contributed by atoms with van der Waals surface area (Å²) in [6.07, 6.45) is 3.21. The van der Waals surface area contributed by atoms with Crippen LogP contribution in [0.3, 0.4) is 0 Å². The zero-order valence-corrected chi connectivity index (χ0v) is 11.5. The number of rotatable bonds is 6. The molecule has 6 nitrogen and oxygen atoms in total. The number of hydrogen-bond donors (Lipinski definition) is 0. The molecule has 0 saturated heterocycles. The van der Waals surface area contributed by atoms with Crippen molar-refractivity contribution in [1.82, 2.24) is 15.1 Å². The minimum absolute atomic E-state index is 0.153. The topological polar surface area (TPSA) is 84.8 Å². The zero-order valence-electron chi connectivity index (χ0n) is 11.5. The van der Waals surface area contributed by atoms with Gasteiger partial charge in [0.1, 0.15) is 17.9 Å². The van der Waals surface area contributed by atoms with E-state index in [2.05, 4.69) is 22.0 Å². The van der Waals surface area contributed by atoms with Gasteiger partial charge in [0, 0.05) is 18.4 Å². The van der Waals surface area contributed by atoms with Crippen molar-refractivity contribution in [2.24, 2.45) is 0 Å². The largest absolute Gasteiger partial charge is 0.370 e. The molecule has 2 heterocycles. The molecule has 0 N–H and O–H groups in total. The average Bonchev–Trinajstić information content (AvgIpc) is 2.97. The normalized spacial score (nSPS) is 12.1. The van der Waals surface area contributed by atoms with E-state index in [1.54, 1.807) is 18.3 Å². The molecule has 2 rings (SSSR count). The van der Waals surface area contributed by atoms with Gasteiger partial charge in [-0.05, 0) is 25.5 Å². The lowest BCUT2D eigenvalue weighted by molar-refractivity contribution is 0.0478. The van der Waals surface area contributed by atoms with Crippen molar-refractivity contribution in [3.63, 3.8) is 0 Å². The summed E-state index contributed by atoms with van der Waals surface area (Å²) in [5.74, 6) is 0.915. The molecule has 0 bridgehead atoms. The van der Waals surface area contributed by atoms with Crippen LogP contribution in [0.15, 0.2) is 22.9 Å². The van der Waals surface area contributed by atoms with Crippen LogP contribution in [0.2, 0.25) is 0 Å². The monoisotopic (exact) mass is 272 g/mol. The van der Waals surface area contributed by atoms with Gasteiger partial charge in [0.15, 0.2) is 0 Å². The van der Waals surface area contributed by atoms with Crippen molar-refractivity contribution >= 4 is 0 Å². The van der Waals surface area contributed by atoms with Gasteiger partial charge in [-0.1, -0.05) is 18.5 Å². The van der Waals surface area contributed by atoms with Crippen molar-refractivity contribution in [2.75, 3.05) is 6.61 Å². The molecule has 0 aliphatic carbocycles. The number of aromatic nitrogens is 3. The Morgan fingerprint density at radius 1 is 1.45 bits per heavy atom. The van der Waals surface area contributed by atoms with Crippen molar-refractivity contribution in [3.05, 3.63) is 29.8 Å². The van der Waals surface area contributed by atoms with Crippen LogP contribution in [-0.2, 0) is 4.74 Å². The fourth-order valence-corrected chi connectivity index (χ4v) is 1.86. The van der Waals surface area contributed by atoms with Crippen LogP contribution in [0.5, 0.6) is 0 Å². The number of ether oxygens (including phenoxy) is 1. The van der Waals surface area contributed by atoms with Gasteiger partial charge < -0.3 is 9.26 Å². The Hall–Kier alpha value is -2.26. The minimum atomic E-state index is -0.153. The highest BCUT2D eigenvalue weighted by molar-refractivity contribution is 5.54. The molecule has 0 aliphatic rings. The minimum Gasteiger partial charge on any atom is -0.370 e. The van der Waals surface area contributed by atoms with E-state index in [1.165, 1.54) is 0 Å². The molecule has 0 aliphatic heterocycles. The number of hydrogen-bond acceptors (Lipinski definition) is 6. The molecular formula is C14H16N4O2. The number of nitrogens with zero attached hydrogens (tertiary/aromatic N) is 4. The Morgan fingerprint density at radius 3 is 3.00 bits per heavy atom. The second-order valence-electron chi connectivity index (χ2n) is 4.23. The molecule has 1 unspecified atom stereocenters. The summed E-state index contributed by atoms with van der Waals surface area (Å²) >= 11 is 0. The quantitative estimate of drug-likeness (QED) is 0.803. The summed E-state index contributed by atoms with van der Waals surface area (Å²) in [6, 6.07) is 5.33. The highest BCUT2D eigenvalue weighted by Gasteiger charge is 2.18. The lowest BCUT2D eigenvalue weighted by Crippen LogP contribution is -2.05.